The van der Waals surface area contributed by atoms with Gasteiger partial charge in [0.15, 0.2) is 0 Å². The number of hydrogen-bond donors (Lipinski definition) is 1. The van der Waals surface area contributed by atoms with Gasteiger partial charge in [-0.25, -0.2) is 4.39 Å². The molecule has 1 aromatic carbocycles. The highest BCUT2D eigenvalue weighted by atomic mass is 19.1. The number of ether oxygens (including phenoxy) is 1. The van der Waals surface area contributed by atoms with Gasteiger partial charge in [0.25, 0.3) is 0 Å². The van der Waals surface area contributed by atoms with Crippen molar-refractivity contribution >= 4 is 11.9 Å². The molecule has 0 aromatic heterocycles. The number of carbonyl (C=O) groups is 2. The van der Waals surface area contributed by atoms with Crippen molar-refractivity contribution in [2.24, 2.45) is 5.92 Å². The van der Waals surface area contributed by atoms with Crippen LogP contribution < -0.4 is 0 Å². The van der Waals surface area contributed by atoms with Gasteiger partial charge in [0.2, 0.25) is 0 Å². The van der Waals surface area contributed by atoms with E-state index in [9.17, 15) is 19.1 Å². The van der Waals surface area contributed by atoms with E-state index in [-0.39, 0.29) is 12.0 Å². The fraction of sp³-hybridized carbons (Fsp3) is 0.467. The van der Waals surface area contributed by atoms with E-state index in [1.54, 1.807) is 37.1 Å². The molecule has 114 valence electrons. The van der Waals surface area contributed by atoms with Crippen molar-refractivity contribution in [3.63, 3.8) is 0 Å². The van der Waals surface area contributed by atoms with Gasteiger partial charge in [-0.15, -0.1) is 0 Å². The van der Waals surface area contributed by atoms with Crippen molar-refractivity contribution in [2.75, 3.05) is 14.2 Å². The Morgan fingerprint density at radius 2 is 2.05 bits per heavy atom. The van der Waals surface area contributed by atoms with Crippen molar-refractivity contribution in [3.05, 3.63) is 35.6 Å². The predicted octanol–water partition coefficient (Wildman–Crippen LogP) is 1.83. The first-order chi connectivity index (χ1) is 9.82. The number of rotatable bonds is 3. The number of esters is 1. The molecule has 6 heteroatoms. The molecular formula is C15H18FNO4. The predicted molar refractivity (Wildman–Crippen MR) is 73.1 cm³/mol. The Morgan fingerprint density at radius 1 is 1.43 bits per heavy atom. The summed E-state index contributed by atoms with van der Waals surface area (Å²) in [5.41, 5.74) is -0.815. The van der Waals surface area contributed by atoms with Crippen molar-refractivity contribution in [2.45, 2.75) is 24.9 Å². The number of hydrogen-bond acceptors (Lipinski definition) is 4. The van der Waals surface area contributed by atoms with Crippen LogP contribution in [0.1, 0.15) is 24.9 Å². The highest BCUT2D eigenvalue weighted by Crippen LogP contribution is 2.46. The number of methoxy groups -OCH3 is 1. The number of carbonyl (C=O) groups excluding carboxylic acids is 1. The van der Waals surface area contributed by atoms with Crippen LogP contribution in [0, 0.1) is 11.7 Å². The second-order valence-electron chi connectivity index (χ2n) is 5.49. The topological polar surface area (TPSA) is 66.8 Å². The van der Waals surface area contributed by atoms with Crippen LogP contribution in [0.15, 0.2) is 24.3 Å². The van der Waals surface area contributed by atoms with Crippen LogP contribution in [-0.4, -0.2) is 41.6 Å². The van der Waals surface area contributed by atoms with E-state index in [0.29, 0.717) is 0 Å². The van der Waals surface area contributed by atoms with Crippen LogP contribution in [0.5, 0.6) is 0 Å². The molecule has 1 aliphatic rings. The third kappa shape index (κ3) is 2.40. The summed E-state index contributed by atoms with van der Waals surface area (Å²) in [6.07, 6.45) is 0.0739. The molecular weight excluding hydrogens is 277 g/mol. The van der Waals surface area contributed by atoms with Crippen LogP contribution in [0.3, 0.4) is 0 Å². The van der Waals surface area contributed by atoms with E-state index in [1.165, 1.54) is 13.2 Å². The molecule has 1 heterocycles. The van der Waals surface area contributed by atoms with E-state index in [4.69, 9.17) is 4.74 Å². The lowest BCUT2D eigenvalue weighted by Crippen LogP contribution is -2.47. The summed E-state index contributed by atoms with van der Waals surface area (Å²) >= 11 is 0. The number of carboxylic acid groups (broad SMARTS) is 1. The van der Waals surface area contributed by atoms with Crippen LogP contribution in [0.2, 0.25) is 0 Å². The van der Waals surface area contributed by atoms with Crippen LogP contribution in [-0.2, 0) is 14.3 Å². The van der Waals surface area contributed by atoms with Gasteiger partial charge >= 0.3 is 11.9 Å². The van der Waals surface area contributed by atoms with Gasteiger partial charge in [0.1, 0.15) is 11.4 Å². The lowest BCUT2D eigenvalue weighted by atomic mass is 9.90. The smallest absolute Gasteiger partial charge is 0.326 e. The molecule has 0 aliphatic carbocycles. The normalized spacial score (nSPS) is 29.3. The Bertz CT molecular complexity index is 577. The number of likely N-dealkylation sites (tertiary alicyclic amines) is 1. The minimum atomic E-state index is -1.09. The van der Waals surface area contributed by atoms with E-state index in [2.05, 4.69) is 0 Å². The summed E-state index contributed by atoms with van der Waals surface area (Å²) in [4.78, 5) is 25.2. The molecule has 0 saturated carbocycles. The largest absolute Gasteiger partial charge is 0.481 e. The summed E-state index contributed by atoms with van der Waals surface area (Å²) in [7, 11) is 2.88. The summed E-state index contributed by atoms with van der Waals surface area (Å²) < 4.78 is 18.8. The average molecular weight is 295 g/mol. The molecule has 3 atom stereocenters. The van der Waals surface area contributed by atoms with Gasteiger partial charge < -0.3 is 9.84 Å². The van der Waals surface area contributed by atoms with E-state index < -0.39 is 35.3 Å². The number of benzene rings is 1. The molecule has 21 heavy (non-hydrogen) atoms. The zero-order chi connectivity index (χ0) is 15.8. The SMILES string of the molecule is COC(=O)[C@]1(C)C[C@@H](C(=O)O)[C@@H](c2ccccc2F)N1C. The molecule has 2 rings (SSSR count). The first kappa shape index (κ1) is 15.4. The molecule has 0 amide bonds. The molecule has 1 N–H and O–H groups in total. The summed E-state index contributed by atoms with van der Waals surface area (Å²) in [5, 5.41) is 9.44. The van der Waals surface area contributed by atoms with Gasteiger partial charge in [-0.05, 0) is 26.5 Å². The zero-order valence-corrected chi connectivity index (χ0v) is 12.2. The summed E-state index contributed by atoms with van der Waals surface area (Å²) in [6, 6.07) is 5.32. The minimum absolute atomic E-state index is 0.0739. The second-order valence-corrected chi connectivity index (χ2v) is 5.49. The molecule has 0 radical (unpaired) electrons. The quantitative estimate of drug-likeness (QED) is 0.862. The van der Waals surface area contributed by atoms with E-state index in [1.807, 2.05) is 0 Å². The van der Waals surface area contributed by atoms with Crippen LogP contribution in [0.4, 0.5) is 4.39 Å². The molecule has 1 saturated heterocycles. The van der Waals surface area contributed by atoms with Gasteiger partial charge in [0, 0.05) is 5.56 Å². The number of nitrogens with zero attached hydrogens (tertiary/aromatic N) is 1. The number of carboxylic acids is 1. The maximum atomic E-state index is 14.1. The number of aliphatic carboxylic acids is 1. The Balaban J connectivity index is 2.50. The molecule has 5 nitrogen and oxygen atoms in total. The Hall–Kier alpha value is -1.95. The lowest BCUT2D eigenvalue weighted by molar-refractivity contribution is -0.152. The minimum Gasteiger partial charge on any atom is -0.481 e. The van der Waals surface area contributed by atoms with Crippen LogP contribution in [0.25, 0.3) is 0 Å². The fourth-order valence-corrected chi connectivity index (χ4v) is 3.07. The highest BCUT2D eigenvalue weighted by molar-refractivity contribution is 5.83. The molecule has 1 aliphatic heterocycles. The second kappa shape index (κ2) is 5.44. The Labute approximate surface area is 122 Å². The first-order valence-corrected chi connectivity index (χ1v) is 6.61. The maximum Gasteiger partial charge on any atom is 0.326 e. The molecule has 1 aromatic rings. The highest BCUT2D eigenvalue weighted by Gasteiger charge is 2.55. The number of halogens is 1. The molecule has 0 bridgehead atoms. The van der Waals surface area contributed by atoms with Gasteiger partial charge in [-0.3, -0.25) is 14.5 Å². The van der Waals surface area contributed by atoms with Crippen molar-refractivity contribution in [3.8, 4) is 0 Å². The standard InChI is InChI=1S/C15H18FNO4/c1-15(14(20)21-3)8-10(13(18)19)12(17(15)2)9-6-4-5-7-11(9)16/h4-7,10,12H,8H2,1-3H3,(H,18,19)/t10-,12-,15+/m1/s1. The molecule has 0 spiro atoms. The third-order valence-corrected chi connectivity index (χ3v) is 4.36. The van der Waals surface area contributed by atoms with Crippen molar-refractivity contribution in [1.29, 1.82) is 0 Å². The Kier molecular flexibility index (Phi) is 4.00. The maximum absolute atomic E-state index is 14.1. The van der Waals surface area contributed by atoms with E-state index >= 15 is 0 Å². The van der Waals surface area contributed by atoms with Gasteiger partial charge in [-0.1, -0.05) is 18.2 Å². The average Bonchev–Trinajstić information content (AvgIpc) is 2.73. The van der Waals surface area contributed by atoms with E-state index in [0.717, 1.165) is 0 Å². The summed E-state index contributed by atoms with van der Waals surface area (Å²) in [5.74, 6) is -2.93. The van der Waals surface area contributed by atoms with Crippen LogP contribution >= 0.6 is 0 Å². The molecule has 1 fully saturated rings. The summed E-state index contributed by atoms with van der Waals surface area (Å²) in [6.45, 7) is 1.62. The fourth-order valence-electron chi connectivity index (χ4n) is 3.07. The molecule has 0 unspecified atom stereocenters. The van der Waals surface area contributed by atoms with Crippen molar-refractivity contribution < 1.29 is 23.8 Å². The first-order valence-electron chi connectivity index (χ1n) is 6.61. The monoisotopic (exact) mass is 295 g/mol. The van der Waals surface area contributed by atoms with Gasteiger partial charge in [0.05, 0.1) is 19.1 Å². The number of likely N-dealkylation sites (N-methyl/N-ethyl adjacent to an activating group) is 1. The zero-order valence-electron chi connectivity index (χ0n) is 12.2. The Morgan fingerprint density at radius 3 is 2.57 bits per heavy atom. The third-order valence-electron chi connectivity index (χ3n) is 4.36. The van der Waals surface area contributed by atoms with Gasteiger partial charge in [-0.2, -0.15) is 0 Å². The van der Waals surface area contributed by atoms with Crippen molar-refractivity contribution in [1.82, 2.24) is 4.90 Å². The lowest BCUT2D eigenvalue weighted by Gasteiger charge is -2.33.